The molecule has 0 aromatic heterocycles. The largest absolute Gasteiger partial charge is 0.482 e. The number of rotatable bonds is 4. The van der Waals surface area contributed by atoms with E-state index in [0.29, 0.717) is 17.7 Å². The lowest BCUT2D eigenvalue weighted by atomic mass is 10.0. The van der Waals surface area contributed by atoms with Crippen LogP contribution in [-0.4, -0.2) is 23.0 Å². The van der Waals surface area contributed by atoms with Gasteiger partial charge in [0.25, 0.3) is 0 Å². The molecule has 4 atom stereocenters. The summed E-state index contributed by atoms with van der Waals surface area (Å²) >= 11 is 0. The molecule has 0 spiro atoms. The summed E-state index contributed by atoms with van der Waals surface area (Å²) in [6.45, 7) is 12.0. The zero-order chi connectivity index (χ0) is 21.9. The van der Waals surface area contributed by atoms with Crippen LogP contribution in [0, 0.1) is 0 Å². The van der Waals surface area contributed by atoms with Gasteiger partial charge in [0.15, 0.2) is 26.0 Å². The summed E-state index contributed by atoms with van der Waals surface area (Å²) in [6.07, 6.45) is 2.51. The van der Waals surface area contributed by atoms with E-state index in [9.17, 15) is 9.13 Å². The van der Waals surface area contributed by atoms with Crippen LogP contribution in [0.3, 0.4) is 0 Å². The minimum atomic E-state index is -2.89. The lowest BCUT2D eigenvalue weighted by Crippen LogP contribution is -2.27. The fraction of sp³-hybridized carbons (Fsp3) is 0.500. The third-order valence-electron chi connectivity index (χ3n) is 6.53. The first-order valence-corrected chi connectivity index (χ1v) is 14.6. The molecule has 0 amide bonds. The molecule has 0 saturated carbocycles. The van der Waals surface area contributed by atoms with E-state index in [-0.39, 0.29) is 11.7 Å². The molecule has 2 aliphatic rings. The molecule has 2 heterocycles. The number of hydrogen-bond donors (Lipinski definition) is 0. The van der Waals surface area contributed by atoms with Gasteiger partial charge in [0.05, 0.1) is 10.6 Å². The monoisotopic (exact) mass is 446 g/mol. The lowest BCUT2D eigenvalue weighted by molar-refractivity contribution is 0.303. The van der Waals surface area contributed by atoms with Crippen LogP contribution in [0.2, 0.25) is 0 Å². The van der Waals surface area contributed by atoms with E-state index >= 15 is 0 Å². The van der Waals surface area contributed by atoms with Gasteiger partial charge in [-0.3, -0.25) is 0 Å². The minimum absolute atomic E-state index is 0.332. The van der Waals surface area contributed by atoms with Crippen molar-refractivity contribution in [2.45, 2.75) is 71.2 Å². The highest BCUT2D eigenvalue weighted by Crippen LogP contribution is 2.67. The highest BCUT2D eigenvalue weighted by molar-refractivity contribution is 7.74. The van der Waals surface area contributed by atoms with Gasteiger partial charge in [0.1, 0.15) is 11.5 Å². The summed E-state index contributed by atoms with van der Waals surface area (Å²) in [5.41, 5.74) is 1.76. The van der Waals surface area contributed by atoms with Gasteiger partial charge >= 0.3 is 0 Å². The summed E-state index contributed by atoms with van der Waals surface area (Å²) in [5, 5.41) is 1.17. The molecule has 4 nitrogen and oxygen atoms in total. The minimum Gasteiger partial charge on any atom is -0.482 e. The van der Waals surface area contributed by atoms with Gasteiger partial charge in [0.2, 0.25) is 0 Å². The van der Waals surface area contributed by atoms with Gasteiger partial charge in [-0.05, 0) is 43.5 Å². The maximum Gasteiger partial charge on any atom is 0.163 e. The van der Waals surface area contributed by atoms with Crippen LogP contribution >= 0.6 is 14.3 Å². The molecule has 0 unspecified atom stereocenters. The second-order valence-electron chi connectivity index (χ2n) is 9.44. The van der Waals surface area contributed by atoms with Crippen molar-refractivity contribution in [3.8, 4) is 22.6 Å². The highest BCUT2D eigenvalue weighted by atomic mass is 31.2. The summed E-state index contributed by atoms with van der Waals surface area (Å²) in [7, 11) is -5.64. The Hall–Kier alpha value is -1.50. The number of benzene rings is 2. The van der Waals surface area contributed by atoms with E-state index in [1.54, 1.807) is 0 Å². The van der Waals surface area contributed by atoms with Gasteiger partial charge in [-0.15, -0.1) is 0 Å². The summed E-state index contributed by atoms with van der Waals surface area (Å²) in [4.78, 5) is 0. The van der Waals surface area contributed by atoms with Crippen molar-refractivity contribution in [2.24, 2.45) is 0 Å². The Kier molecular flexibility index (Phi) is 5.27. The fourth-order valence-corrected chi connectivity index (χ4v) is 11.4. The average Bonchev–Trinajstić information content (AvgIpc) is 3.11. The first-order valence-electron chi connectivity index (χ1n) is 10.8. The molecule has 0 bridgehead atoms. The predicted octanol–water partition coefficient (Wildman–Crippen LogP) is 6.41. The predicted molar refractivity (Wildman–Crippen MR) is 126 cm³/mol. The maximum atomic E-state index is 14.5. The first kappa shape index (κ1) is 21.7. The highest BCUT2D eigenvalue weighted by Gasteiger charge is 2.52. The number of ether oxygens (including phenoxy) is 2. The van der Waals surface area contributed by atoms with Crippen LogP contribution in [0.25, 0.3) is 11.1 Å². The fourth-order valence-electron chi connectivity index (χ4n) is 4.86. The van der Waals surface area contributed by atoms with E-state index in [1.807, 2.05) is 71.0 Å². The molecule has 0 saturated heterocycles. The van der Waals surface area contributed by atoms with Gasteiger partial charge in [0, 0.05) is 11.3 Å². The van der Waals surface area contributed by atoms with Crippen LogP contribution in [0.4, 0.5) is 0 Å². The van der Waals surface area contributed by atoms with Gasteiger partial charge < -0.3 is 18.6 Å². The molecule has 162 valence electrons. The van der Waals surface area contributed by atoms with Crippen LogP contribution < -0.4 is 20.1 Å². The van der Waals surface area contributed by atoms with Gasteiger partial charge in [-0.25, -0.2) is 0 Å². The quantitative estimate of drug-likeness (QED) is 0.510. The standard InChI is InChI=1S/C24H32O4P2/c1-7-8-15-29(25)16(2)27-20-13-9-11-18(22(20)29)19-12-10-14-21-23(19)30(26,17(3)28-21)24(4,5)6/h9-14,16-17H,7-8,15H2,1-6H3/t16-,17-,29-,30-/m0/s1. The van der Waals surface area contributed by atoms with E-state index < -0.39 is 19.4 Å². The molecule has 0 aliphatic carbocycles. The molecule has 0 N–H and O–H groups in total. The number of fused-ring (bicyclic) bond motifs is 2. The van der Waals surface area contributed by atoms with Crippen LogP contribution in [0.15, 0.2) is 36.4 Å². The van der Waals surface area contributed by atoms with E-state index in [0.717, 1.165) is 34.6 Å². The molecule has 0 fully saturated rings. The number of unbranched alkanes of at least 4 members (excludes halogenated alkanes) is 1. The molecule has 2 aromatic rings. The molecule has 30 heavy (non-hydrogen) atoms. The molecule has 6 heteroatoms. The van der Waals surface area contributed by atoms with Crippen molar-refractivity contribution in [1.29, 1.82) is 0 Å². The third kappa shape index (κ3) is 2.94. The first-order chi connectivity index (χ1) is 14.1. The second kappa shape index (κ2) is 7.28. The maximum absolute atomic E-state index is 14.5. The Labute approximate surface area is 180 Å². The van der Waals surface area contributed by atoms with Crippen molar-refractivity contribution < 1.29 is 18.6 Å². The number of hydrogen-bond acceptors (Lipinski definition) is 4. The van der Waals surface area contributed by atoms with Gasteiger partial charge in [-0.2, -0.15) is 0 Å². The van der Waals surface area contributed by atoms with Crippen LogP contribution in [-0.2, 0) is 9.13 Å². The summed E-state index contributed by atoms with van der Waals surface area (Å²) in [5.74, 6) is 0.676. The summed E-state index contributed by atoms with van der Waals surface area (Å²) < 4.78 is 40.9. The SMILES string of the molecule is CCCC[P@@]1(=O)c2c(cccc2-c2cccc3c2[P@](=O)(C(C)(C)C)[C@@H](C)O3)O[C@@H]1C. The zero-order valence-electron chi connectivity index (χ0n) is 18.8. The van der Waals surface area contributed by atoms with Crippen molar-refractivity contribution in [3.63, 3.8) is 0 Å². The lowest BCUT2D eigenvalue weighted by Gasteiger charge is -2.31. The second-order valence-corrected chi connectivity index (χ2v) is 16.5. The Balaban J connectivity index is 2.00. The van der Waals surface area contributed by atoms with Crippen molar-refractivity contribution in [3.05, 3.63) is 36.4 Å². The molecule has 4 rings (SSSR count). The normalized spacial score (nSPS) is 29.8. The van der Waals surface area contributed by atoms with E-state index in [4.69, 9.17) is 9.47 Å². The van der Waals surface area contributed by atoms with Crippen molar-refractivity contribution in [2.75, 3.05) is 6.16 Å². The van der Waals surface area contributed by atoms with E-state index in [1.165, 1.54) is 0 Å². The Morgan fingerprint density at radius 1 is 0.867 bits per heavy atom. The molecule has 0 radical (unpaired) electrons. The molecule has 2 aromatic carbocycles. The van der Waals surface area contributed by atoms with E-state index in [2.05, 4.69) is 6.92 Å². The molecular weight excluding hydrogens is 414 g/mol. The molecule has 2 aliphatic heterocycles. The van der Waals surface area contributed by atoms with Crippen LogP contribution in [0.5, 0.6) is 11.5 Å². The topological polar surface area (TPSA) is 52.6 Å². The average molecular weight is 446 g/mol. The van der Waals surface area contributed by atoms with Gasteiger partial charge in [-0.1, -0.05) is 58.4 Å². The van der Waals surface area contributed by atoms with Crippen molar-refractivity contribution >= 4 is 24.9 Å². The van der Waals surface area contributed by atoms with Crippen LogP contribution in [0.1, 0.15) is 54.4 Å². The summed E-state index contributed by atoms with van der Waals surface area (Å²) in [6, 6.07) is 11.7. The molecular formula is C24H32O4P2. The Morgan fingerprint density at radius 2 is 1.40 bits per heavy atom. The van der Waals surface area contributed by atoms with Crippen molar-refractivity contribution in [1.82, 2.24) is 0 Å². The smallest absolute Gasteiger partial charge is 0.163 e. The zero-order valence-corrected chi connectivity index (χ0v) is 20.6. The third-order valence-corrected chi connectivity index (χ3v) is 14.3. The Morgan fingerprint density at radius 3 is 1.97 bits per heavy atom. The Bertz CT molecular complexity index is 1080.